The number of rotatable bonds is 0. The molecule has 0 nitrogen and oxygen atoms in total. The summed E-state index contributed by atoms with van der Waals surface area (Å²) in [6.45, 7) is 24.7. The summed E-state index contributed by atoms with van der Waals surface area (Å²) < 4.78 is 0. The van der Waals surface area contributed by atoms with Crippen LogP contribution < -0.4 is 0 Å². The lowest BCUT2D eigenvalue weighted by atomic mass is 10.3. The average Bonchev–Trinajstić information content (AvgIpc) is 2.26. The molecule has 0 aromatic carbocycles. The lowest BCUT2D eigenvalue weighted by Gasteiger charge is -1.79. The minimum absolute atomic E-state index is 0.833. The molecule has 0 heterocycles. The van der Waals surface area contributed by atoms with Crippen LogP contribution in [0.1, 0.15) is 83.1 Å². The fraction of sp³-hybridized carbons (Fsp3) is 0.867. The zero-order valence-electron chi connectivity index (χ0n) is 13.7. The van der Waals surface area contributed by atoms with Crippen molar-refractivity contribution in [2.24, 2.45) is 5.92 Å². The quantitative estimate of drug-likeness (QED) is 0.396. The van der Waals surface area contributed by atoms with Crippen LogP contribution in [0.4, 0.5) is 0 Å². The molecule has 0 atom stereocenters. The van der Waals surface area contributed by atoms with Crippen molar-refractivity contribution in [1.82, 2.24) is 0 Å². The molecule has 0 rings (SSSR count). The zero-order valence-corrected chi connectivity index (χ0v) is 13.7. The molecule has 98 valence electrons. The largest absolute Gasteiger partial charge is 0.0890 e. The molecule has 0 N–H and O–H groups in total. The fourth-order valence-electron chi connectivity index (χ4n) is 0. The zero-order chi connectivity index (χ0) is 13.9. The van der Waals surface area contributed by atoms with Gasteiger partial charge in [0.2, 0.25) is 0 Å². The van der Waals surface area contributed by atoms with E-state index in [9.17, 15) is 0 Å². The monoisotopic (exact) mass is 218 g/mol. The Morgan fingerprint density at radius 1 is 0.733 bits per heavy atom. The standard InChI is InChI=1S/C5H10.C4H10.3C2H6/c1-4-5(2)3;1-4(2)3;3*1-2/h4H,1-3H3;4H,1-3H3;3*1-2H3. The second-order valence-electron chi connectivity index (χ2n) is 3.10. The van der Waals surface area contributed by atoms with Crippen LogP contribution in [0.2, 0.25) is 0 Å². The van der Waals surface area contributed by atoms with Gasteiger partial charge in [0.05, 0.1) is 0 Å². The Labute approximate surface area is 101 Å². The van der Waals surface area contributed by atoms with Crippen molar-refractivity contribution in [2.45, 2.75) is 83.1 Å². The van der Waals surface area contributed by atoms with Gasteiger partial charge in [0, 0.05) is 0 Å². The lowest BCUT2D eigenvalue weighted by molar-refractivity contribution is 0.737. The summed E-state index contributed by atoms with van der Waals surface area (Å²) in [7, 11) is 0. The van der Waals surface area contributed by atoms with Gasteiger partial charge in [-0.15, -0.1) is 0 Å². The van der Waals surface area contributed by atoms with E-state index in [-0.39, 0.29) is 0 Å². The van der Waals surface area contributed by atoms with Gasteiger partial charge in [0.1, 0.15) is 0 Å². The van der Waals surface area contributed by atoms with Crippen LogP contribution in [0.3, 0.4) is 0 Å². The van der Waals surface area contributed by atoms with Crippen LogP contribution in [0.25, 0.3) is 0 Å². The van der Waals surface area contributed by atoms with E-state index >= 15 is 0 Å². The summed E-state index contributed by atoms with van der Waals surface area (Å²) in [4.78, 5) is 0. The second-order valence-corrected chi connectivity index (χ2v) is 3.10. The van der Waals surface area contributed by atoms with E-state index in [0.29, 0.717) is 0 Å². The molecule has 0 amide bonds. The van der Waals surface area contributed by atoms with Gasteiger partial charge in [-0.2, -0.15) is 0 Å². The molecule has 0 spiro atoms. The highest BCUT2D eigenvalue weighted by atomic mass is 13.7. The van der Waals surface area contributed by atoms with Gasteiger partial charge in [-0.05, 0) is 26.7 Å². The molecule has 0 bridgehead atoms. The molecule has 15 heavy (non-hydrogen) atoms. The van der Waals surface area contributed by atoms with Gasteiger partial charge >= 0.3 is 0 Å². The van der Waals surface area contributed by atoms with Gasteiger partial charge in [0.25, 0.3) is 0 Å². The molecule has 0 radical (unpaired) electrons. The normalized spacial score (nSPS) is 5.93. The molecule has 0 saturated heterocycles. The highest BCUT2D eigenvalue weighted by Gasteiger charge is 1.68. The molecule has 0 aliphatic heterocycles. The fourth-order valence-corrected chi connectivity index (χ4v) is 0. The first-order chi connectivity index (χ1) is 7.00. The van der Waals surface area contributed by atoms with Gasteiger partial charge in [-0.1, -0.05) is 74.0 Å². The van der Waals surface area contributed by atoms with E-state index in [0.717, 1.165) is 5.92 Å². The van der Waals surface area contributed by atoms with Crippen LogP contribution in [0.15, 0.2) is 11.6 Å². The molecule has 0 aromatic heterocycles. The maximum atomic E-state index is 2.17. The van der Waals surface area contributed by atoms with Gasteiger partial charge in [-0.3, -0.25) is 0 Å². The Morgan fingerprint density at radius 3 is 0.800 bits per heavy atom. The number of allylic oxidation sites excluding steroid dienone is 2. The van der Waals surface area contributed by atoms with Crippen molar-refractivity contribution in [2.75, 3.05) is 0 Å². The predicted molar refractivity (Wildman–Crippen MR) is 79.7 cm³/mol. The van der Waals surface area contributed by atoms with Gasteiger partial charge < -0.3 is 0 Å². The molecule has 0 saturated carbocycles. The van der Waals surface area contributed by atoms with E-state index in [4.69, 9.17) is 0 Å². The summed E-state index contributed by atoms with van der Waals surface area (Å²) >= 11 is 0. The minimum atomic E-state index is 0.833. The van der Waals surface area contributed by atoms with Crippen molar-refractivity contribution < 1.29 is 0 Å². The maximum Gasteiger partial charge on any atom is -0.0442 e. The van der Waals surface area contributed by atoms with E-state index in [1.165, 1.54) is 5.57 Å². The first kappa shape index (κ1) is 29.3. The maximum absolute atomic E-state index is 2.17. The molecular formula is C15H38. The summed E-state index contributed by atoms with van der Waals surface area (Å²) in [6, 6.07) is 0. The predicted octanol–water partition coefficient (Wildman–Crippen LogP) is 6.71. The van der Waals surface area contributed by atoms with E-state index in [1.54, 1.807) is 0 Å². The summed E-state index contributed by atoms with van der Waals surface area (Å²) in [5.41, 5.74) is 1.38. The van der Waals surface area contributed by atoms with Crippen LogP contribution in [-0.4, -0.2) is 0 Å². The van der Waals surface area contributed by atoms with Gasteiger partial charge in [0.15, 0.2) is 0 Å². The molecule has 0 aliphatic carbocycles. The summed E-state index contributed by atoms with van der Waals surface area (Å²) in [5, 5.41) is 0. The first-order valence-electron chi connectivity index (χ1n) is 6.60. The number of hydrogen-bond acceptors (Lipinski definition) is 0. The van der Waals surface area contributed by atoms with Gasteiger partial charge in [-0.25, -0.2) is 0 Å². The third-order valence-corrected chi connectivity index (χ3v) is 0.577. The highest BCUT2D eigenvalue weighted by Crippen LogP contribution is 1.82. The van der Waals surface area contributed by atoms with Crippen molar-refractivity contribution in [1.29, 1.82) is 0 Å². The van der Waals surface area contributed by atoms with Crippen LogP contribution in [-0.2, 0) is 0 Å². The third kappa shape index (κ3) is 625. The Balaban J connectivity index is -0.0000000301. The van der Waals surface area contributed by atoms with Crippen molar-refractivity contribution in [3.8, 4) is 0 Å². The Morgan fingerprint density at radius 2 is 0.800 bits per heavy atom. The van der Waals surface area contributed by atoms with Crippen LogP contribution in [0, 0.1) is 5.92 Å². The minimum Gasteiger partial charge on any atom is -0.0890 e. The van der Waals surface area contributed by atoms with Crippen LogP contribution in [0.5, 0.6) is 0 Å². The topological polar surface area (TPSA) is 0 Å². The van der Waals surface area contributed by atoms with Crippen molar-refractivity contribution >= 4 is 0 Å². The van der Waals surface area contributed by atoms with E-state index < -0.39 is 0 Å². The Hall–Kier alpha value is -0.260. The van der Waals surface area contributed by atoms with E-state index in [2.05, 4.69) is 40.7 Å². The van der Waals surface area contributed by atoms with Crippen molar-refractivity contribution in [3.63, 3.8) is 0 Å². The van der Waals surface area contributed by atoms with Crippen LogP contribution >= 0.6 is 0 Å². The summed E-state index contributed by atoms with van der Waals surface area (Å²) in [5.74, 6) is 0.833. The summed E-state index contributed by atoms with van der Waals surface area (Å²) in [6.07, 6.45) is 2.08. The Kier molecular flexibility index (Phi) is 96.0. The average molecular weight is 218 g/mol. The molecule has 0 heteroatoms. The SMILES string of the molecule is CC.CC.CC.CC(C)C.CC=C(C)C. The molecule has 0 unspecified atom stereocenters. The smallest absolute Gasteiger partial charge is 0.0442 e. The first-order valence-corrected chi connectivity index (χ1v) is 6.60. The highest BCUT2D eigenvalue weighted by molar-refractivity contribution is 4.88. The van der Waals surface area contributed by atoms with E-state index in [1.807, 2.05) is 48.5 Å². The Bertz CT molecular complexity index is 61.4. The van der Waals surface area contributed by atoms with Crippen molar-refractivity contribution in [3.05, 3.63) is 11.6 Å². The molecular weight excluding hydrogens is 180 g/mol. The lowest BCUT2D eigenvalue weighted by Crippen LogP contribution is -1.66. The third-order valence-electron chi connectivity index (χ3n) is 0.577. The molecule has 0 aromatic rings. The molecule has 0 fully saturated rings. The molecule has 0 aliphatic rings. The second kappa shape index (κ2) is 49.1. The number of hydrogen-bond donors (Lipinski definition) is 0.